The number of hydrogen-bond donors (Lipinski definition) is 1. The topological polar surface area (TPSA) is 29.3 Å². The van der Waals surface area contributed by atoms with Gasteiger partial charge in [-0.25, -0.2) is 0 Å². The van der Waals surface area contributed by atoms with Gasteiger partial charge in [-0.1, -0.05) is 0 Å². The van der Waals surface area contributed by atoms with Crippen LogP contribution in [0, 0.1) is 0 Å². The summed E-state index contributed by atoms with van der Waals surface area (Å²) in [6.45, 7) is 6.50. The fourth-order valence-corrected chi connectivity index (χ4v) is 1.48. The number of nitrogen functional groups attached to an aromatic ring is 1. The molecule has 2 nitrogen and oxygen atoms in total. The van der Waals surface area contributed by atoms with Gasteiger partial charge in [-0.05, 0) is 0 Å². The van der Waals surface area contributed by atoms with Crippen LogP contribution < -0.4 is 9.59 Å². The number of para-hydroxylation sites is 2. The zero-order valence-electron chi connectivity index (χ0n) is 8.33. The van der Waals surface area contributed by atoms with E-state index in [-0.39, 0.29) is 5.54 Å². The molecule has 0 fully saturated rings. The van der Waals surface area contributed by atoms with Crippen molar-refractivity contribution in [2.45, 2.75) is 26.3 Å². The second-order valence-electron chi connectivity index (χ2n) is 4.07. The van der Waals surface area contributed by atoms with E-state index in [1.807, 2.05) is 24.3 Å². The molecule has 0 unspecified atom stereocenters. The third-order valence-electron chi connectivity index (χ3n) is 1.85. The summed E-state index contributed by atoms with van der Waals surface area (Å²) < 4.78 is 2.18. The SMILES string of the molecule is CC(C)(C)[N]([Ge])c1ccccc1N. The van der Waals surface area contributed by atoms with Crippen LogP contribution in [0.3, 0.4) is 0 Å². The Hall–Kier alpha value is -0.637. The predicted octanol–water partition coefficient (Wildman–Crippen LogP) is 1.96. The van der Waals surface area contributed by atoms with Crippen molar-refractivity contribution in [3.8, 4) is 0 Å². The zero-order valence-corrected chi connectivity index (χ0v) is 10.4. The van der Waals surface area contributed by atoms with E-state index in [1.165, 1.54) is 0 Å². The van der Waals surface area contributed by atoms with Crippen LogP contribution in [0.2, 0.25) is 0 Å². The molecular weight excluding hydrogens is 221 g/mol. The number of anilines is 2. The number of hydrogen-bond acceptors (Lipinski definition) is 2. The van der Waals surface area contributed by atoms with Crippen LogP contribution in [0.5, 0.6) is 0 Å². The van der Waals surface area contributed by atoms with Crippen molar-refractivity contribution in [1.82, 2.24) is 0 Å². The summed E-state index contributed by atoms with van der Waals surface area (Å²) in [4.78, 5) is 0. The van der Waals surface area contributed by atoms with Gasteiger partial charge in [0, 0.05) is 0 Å². The van der Waals surface area contributed by atoms with Crippen LogP contribution in [0.1, 0.15) is 20.8 Å². The molecule has 0 amide bonds. The average Bonchev–Trinajstić information content (AvgIpc) is 2.02. The second-order valence-corrected chi connectivity index (χ2v) is 5.00. The van der Waals surface area contributed by atoms with E-state index in [9.17, 15) is 0 Å². The number of benzene rings is 1. The van der Waals surface area contributed by atoms with Gasteiger partial charge in [0.1, 0.15) is 0 Å². The third-order valence-corrected chi connectivity index (χ3v) is 3.76. The first-order valence-corrected chi connectivity index (χ1v) is 5.23. The Morgan fingerprint density at radius 3 is 2.23 bits per heavy atom. The number of nitrogens with two attached hydrogens (primary N) is 1. The van der Waals surface area contributed by atoms with Crippen LogP contribution in [-0.2, 0) is 0 Å². The fourth-order valence-electron chi connectivity index (χ4n) is 1.05. The standard InChI is InChI=1S/C10H15GeN2/c1-10(2,3)13(11)9-7-5-4-6-8(9)12/h4-7H,12H2,1-3H3. The van der Waals surface area contributed by atoms with E-state index in [4.69, 9.17) is 5.73 Å². The summed E-state index contributed by atoms with van der Waals surface area (Å²) in [5.41, 5.74) is 7.91. The molecule has 0 atom stereocenters. The van der Waals surface area contributed by atoms with Crippen molar-refractivity contribution in [2.75, 3.05) is 9.59 Å². The van der Waals surface area contributed by atoms with Crippen LogP contribution in [0.25, 0.3) is 0 Å². The maximum atomic E-state index is 5.88. The molecule has 0 aromatic heterocycles. The molecule has 0 aliphatic rings. The average molecular weight is 236 g/mol. The van der Waals surface area contributed by atoms with Crippen LogP contribution in [0.4, 0.5) is 11.4 Å². The van der Waals surface area contributed by atoms with Gasteiger partial charge in [0.25, 0.3) is 0 Å². The van der Waals surface area contributed by atoms with E-state index in [2.05, 4.69) is 41.4 Å². The van der Waals surface area contributed by atoms with Crippen molar-refractivity contribution >= 4 is 28.1 Å². The van der Waals surface area contributed by atoms with E-state index in [0.29, 0.717) is 0 Å². The Kier molecular flexibility index (Phi) is 2.91. The first kappa shape index (κ1) is 10.4. The first-order valence-electron chi connectivity index (χ1n) is 4.29. The molecule has 0 spiro atoms. The molecule has 3 heteroatoms. The molecule has 2 N–H and O–H groups in total. The Morgan fingerprint density at radius 2 is 1.77 bits per heavy atom. The van der Waals surface area contributed by atoms with Crippen LogP contribution in [-0.4, -0.2) is 22.3 Å². The van der Waals surface area contributed by atoms with Crippen molar-refractivity contribution in [1.29, 1.82) is 0 Å². The first-order chi connectivity index (χ1) is 5.93. The molecule has 1 rings (SSSR count). The molecule has 0 aliphatic carbocycles. The molecule has 69 valence electrons. The van der Waals surface area contributed by atoms with Gasteiger partial charge in [-0.2, -0.15) is 0 Å². The van der Waals surface area contributed by atoms with Crippen LogP contribution in [0.15, 0.2) is 24.3 Å². The summed E-state index contributed by atoms with van der Waals surface area (Å²) in [6.07, 6.45) is 0. The molecule has 1 aromatic rings. The van der Waals surface area contributed by atoms with Gasteiger partial charge in [0.05, 0.1) is 0 Å². The van der Waals surface area contributed by atoms with E-state index in [1.54, 1.807) is 0 Å². The van der Waals surface area contributed by atoms with Crippen molar-refractivity contribution in [3.63, 3.8) is 0 Å². The summed E-state index contributed by atoms with van der Waals surface area (Å²) in [5.74, 6) is 0. The molecule has 1 aromatic carbocycles. The quantitative estimate of drug-likeness (QED) is 0.596. The van der Waals surface area contributed by atoms with Crippen LogP contribution >= 0.6 is 0 Å². The van der Waals surface area contributed by atoms with E-state index < -0.39 is 0 Å². The summed E-state index contributed by atoms with van der Waals surface area (Å²) >= 11 is 2.06. The Balaban J connectivity index is 3.02. The molecule has 0 heterocycles. The van der Waals surface area contributed by atoms with Crippen molar-refractivity contribution in [2.24, 2.45) is 0 Å². The minimum atomic E-state index is 0.107. The fraction of sp³-hybridized carbons (Fsp3) is 0.400. The third kappa shape index (κ3) is 2.40. The van der Waals surface area contributed by atoms with Gasteiger partial charge in [-0.15, -0.1) is 0 Å². The van der Waals surface area contributed by atoms with Gasteiger partial charge >= 0.3 is 88.3 Å². The van der Waals surface area contributed by atoms with Gasteiger partial charge < -0.3 is 0 Å². The normalized spacial score (nSPS) is 11.4. The second kappa shape index (κ2) is 3.62. The summed E-state index contributed by atoms with van der Waals surface area (Å²) in [5, 5.41) is 0. The zero-order chi connectivity index (χ0) is 10.1. The Labute approximate surface area is 88.6 Å². The molecule has 0 saturated heterocycles. The molecule has 13 heavy (non-hydrogen) atoms. The predicted molar refractivity (Wildman–Crippen MR) is 58.8 cm³/mol. The van der Waals surface area contributed by atoms with E-state index >= 15 is 0 Å². The monoisotopic (exact) mass is 237 g/mol. The Morgan fingerprint density at radius 1 is 1.23 bits per heavy atom. The summed E-state index contributed by atoms with van der Waals surface area (Å²) in [7, 11) is 0. The Bertz CT molecular complexity index is 291. The molecule has 0 saturated carbocycles. The molecular formula is C10H15GeN2. The molecule has 0 bridgehead atoms. The van der Waals surface area contributed by atoms with Crippen molar-refractivity contribution in [3.05, 3.63) is 24.3 Å². The molecule has 3 radical (unpaired) electrons. The number of rotatable bonds is 1. The number of nitrogens with zero attached hydrogens (tertiary/aromatic N) is 1. The minimum absolute atomic E-state index is 0.107. The summed E-state index contributed by atoms with van der Waals surface area (Å²) in [6, 6.07) is 7.93. The van der Waals surface area contributed by atoms with Gasteiger partial charge in [0.15, 0.2) is 0 Å². The van der Waals surface area contributed by atoms with Crippen molar-refractivity contribution < 1.29 is 0 Å². The van der Waals surface area contributed by atoms with Gasteiger partial charge in [0.2, 0.25) is 0 Å². The van der Waals surface area contributed by atoms with Gasteiger partial charge in [-0.3, -0.25) is 0 Å². The molecule has 0 aliphatic heterocycles. The van der Waals surface area contributed by atoms with E-state index in [0.717, 1.165) is 11.4 Å². The maximum absolute atomic E-state index is 5.88.